The van der Waals surface area contributed by atoms with E-state index in [1.165, 1.54) is 0 Å². The average molecular weight is 369 g/mol. The standard InChI is InChI=1S/C10H22O2.Pt/c1-5-8(11)6-9(12)7-10(2,3)4;/h8-9,11-12H,5-7H2,1-4H3;. The first kappa shape index (κ1) is 16.1. The van der Waals surface area contributed by atoms with Gasteiger partial charge in [0.05, 0.1) is 12.2 Å². The van der Waals surface area contributed by atoms with Crippen LogP contribution in [0.2, 0.25) is 0 Å². The Hall–Kier alpha value is 0.608. The summed E-state index contributed by atoms with van der Waals surface area (Å²) in [5.74, 6) is 0. The van der Waals surface area contributed by atoms with Crippen molar-refractivity contribution in [1.29, 1.82) is 0 Å². The molecule has 2 unspecified atom stereocenters. The maximum Gasteiger partial charge on any atom is 0.0569 e. The fourth-order valence-electron chi connectivity index (χ4n) is 1.27. The molecule has 0 bridgehead atoms. The number of aliphatic hydroxyl groups excluding tert-OH is 2. The fourth-order valence-corrected chi connectivity index (χ4v) is 1.27. The first-order valence-electron chi connectivity index (χ1n) is 4.71. The van der Waals surface area contributed by atoms with E-state index in [0.717, 1.165) is 12.8 Å². The van der Waals surface area contributed by atoms with Crippen molar-refractivity contribution in [1.82, 2.24) is 0 Å². The summed E-state index contributed by atoms with van der Waals surface area (Å²) in [5.41, 5.74) is 0.146. The second-order valence-electron chi connectivity index (χ2n) is 4.72. The third-order valence-electron chi connectivity index (χ3n) is 1.86. The molecule has 0 amide bonds. The van der Waals surface area contributed by atoms with Crippen LogP contribution in [-0.4, -0.2) is 22.4 Å². The molecule has 0 rings (SSSR count). The first-order chi connectivity index (χ1) is 5.35. The summed E-state index contributed by atoms with van der Waals surface area (Å²) in [6, 6.07) is 0. The van der Waals surface area contributed by atoms with E-state index in [0.29, 0.717) is 6.42 Å². The van der Waals surface area contributed by atoms with Crippen LogP contribution < -0.4 is 0 Å². The second kappa shape index (κ2) is 6.97. The predicted molar refractivity (Wildman–Crippen MR) is 51.0 cm³/mol. The molecule has 0 aliphatic carbocycles. The van der Waals surface area contributed by atoms with Gasteiger partial charge in [-0.2, -0.15) is 0 Å². The summed E-state index contributed by atoms with van der Waals surface area (Å²) in [7, 11) is 0. The van der Waals surface area contributed by atoms with Crippen molar-refractivity contribution in [2.24, 2.45) is 5.41 Å². The summed E-state index contributed by atoms with van der Waals surface area (Å²) in [6.07, 6.45) is 1.28. The van der Waals surface area contributed by atoms with E-state index in [-0.39, 0.29) is 38.7 Å². The molecule has 2 N–H and O–H groups in total. The van der Waals surface area contributed by atoms with Crippen LogP contribution in [0.3, 0.4) is 0 Å². The van der Waals surface area contributed by atoms with E-state index in [1.54, 1.807) is 0 Å². The molecule has 2 atom stereocenters. The van der Waals surface area contributed by atoms with Crippen LogP contribution in [0, 0.1) is 5.41 Å². The van der Waals surface area contributed by atoms with Gasteiger partial charge in [0.25, 0.3) is 0 Å². The van der Waals surface area contributed by atoms with Crippen molar-refractivity contribution >= 4 is 0 Å². The molecule has 0 fully saturated rings. The Morgan fingerprint density at radius 2 is 1.54 bits per heavy atom. The number of rotatable bonds is 4. The molecule has 0 saturated carbocycles. The van der Waals surface area contributed by atoms with Gasteiger partial charge in [-0.15, -0.1) is 0 Å². The Morgan fingerprint density at radius 3 is 1.85 bits per heavy atom. The zero-order valence-corrected chi connectivity index (χ0v) is 11.3. The minimum atomic E-state index is -0.361. The molecule has 0 aromatic carbocycles. The third-order valence-corrected chi connectivity index (χ3v) is 1.86. The van der Waals surface area contributed by atoms with Gasteiger partial charge in [-0.1, -0.05) is 27.7 Å². The maximum absolute atomic E-state index is 9.53. The molecular formula is C10H22O2Pt. The largest absolute Gasteiger partial charge is 0.393 e. The molecule has 0 aromatic rings. The van der Waals surface area contributed by atoms with Gasteiger partial charge in [0.2, 0.25) is 0 Å². The molecule has 0 aliphatic heterocycles. The van der Waals surface area contributed by atoms with Gasteiger partial charge in [0.15, 0.2) is 0 Å². The first-order valence-corrected chi connectivity index (χ1v) is 4.71. The van der Waals surface area contributed by atoms with Gasteiger partial charge >= 0.3 is 0 Å². The van der Waals surface area contributed by atoms with E-state index in [2.05, 4.69) is 20.8 Å². The Kier molecular flexibility index (Phi) is 8.61. The van der Waals surface area contributed by atoms with E-state index in [4.69, 9.17) is 0 Å². The van der Waals surface area contributed by atoms with E-state index < -0.39 is 0 Å². The Morgan fingerprint density at radius 1 is 1.08 bits per heavy atom. The molecule has 2 nitrogen and oxygen atoms in total. The predicted octanol–water partition coefficient (Wildman–Crippen LogP) is 1.94. The van der Waals surface area contributed by atoms with Crippen LogP contribution in [0.5, 0.6) is 0 Å². The quantitative estimate of drug-likeness (QED) is 0.795. The molecule has 84 valence electrons. The zero-order chi connectivity index (χ0) is 9.78. The van der Waals surface area contributed by atoms with Crippen LogP contribution in [0.1, 0.15) is 47.0 Å². The molecule has 0 saturated heterocycles. The number of hydrogen-bond acceptors (Lipinski definition) is 2. The summed E-state index contributed by atoms with van der Waals surface area (Å²) in [5, 5.41) is 18.8. The summed E-state index contributed by atoms with van der Waals surface area (Å²) in [4.78, 5) is 0. The van der Waals surface area contributed by atoms with Crippen LogP contribution in [0.15, 0.2) is 0 Å². The second-order valence-corrected chi connectivity index (χ2v) is 4.72. The van der Waals surface area contributed by atoms with Gasteiger partial charge < -0.3 is 10.2 Å². The van der Waals surface area contributed by atoms with Crippen LogP contribution >= 0.6 is 0 Å². The number of aliphatic hydroxyl groups is 2. The van der Waals surface area contributed by atoms with Gasteiger partial charge in [-0.25, -0.2) is 0 Å². The normalized spacial score (nSPS) is 16.2. The molecule has 0 aromatic heterocycles. The Bertz CT molecular complexity index is 121. The van der Waals surface area contributed by atoms with Crippen molar-refractivity contribution in [2.45, 2.75) is 59.2 Å². The van der Waals surface area contributed by atoms with E-state index >= 15 is 0 Å². The molecule has 0 spiro atoms. The molecule has 0 radical (unpaired) electrons. The smallest absolute Gasteiger partial charge is 0.0569 e. The van der Waals surface area contributed by atoms with Crippen molar-refractivity contribution in [3.63, 3.8) is 0 Å². The Labute approximate surface area is 96.0 Å². The minimum absolute atomic E-state index is 0. The number of hydrogen-bond donors (Lipinski definition) is 2. The van der Waals surface area contributed by atoms with Crippen molar-refractivity contribution < 1.29 is 31.3 Å². The topological polar surface area (TPSA) is 40.5 Å². The minimum Gasteiger partial charge on any atom is -0.393 e. The summed E-state index contributed by atoms with van der Waals surface area (Å²) in [6.45, 7) is 8.20. The van der Waals surface area contributed by atoms with Crippen molar-refractivity contribution in [3.05, 3.63) is 0 Å². The molecule has 13 heavy (non-hydrogen) atoms. The van der Waals surface area contributed by atoms with Crippen LogP contribution in [0.25, 0.3) is 0 Å². The summed E-state index contributed by atoms with van der Waals surface area (Å²) >= 11 is 0. The Balaban J connectivity index is 0. The maximum atomic E-state index is 9.53. The van der Waals surface area contributed by atoms with E-state index in [9.17, 15) is 10.2 Å². The van der Waals surface area contributed by atoms with Gasteiger partial charge in [-0.3, -0.25) is 0 Å². The van der Waals surface area contributed by atoms with Crippen LogP contribution in [-0.2, 0) is 21.1 Å². The SMILES string of the molecule is CCC(O)CC(O)CC(C)(C)C.[Pt]. The van der Waals surface area contributed by atoms with Gasteiger partial charge in [-0.05, 0) is 24.7 Å². The molecule has 3 heteroatoms. The summed E-state index contributed by atoms with van der Waals surface area (Å²) < 4.78 is 0. The monoisotopic (exact) mass is 369 g/mol. The molecule has 0 heterocycles. The average Bonchev–Trinajstić information content (AvgIpc) is 1.82. The zero-order valence-electron chi connectivity index (χ0n) is 8.99. The van der Waals surface area contributed by atoms with Crippen molar-refractivity contribution in [3.8, 4) is 0 Å². The molecular weight excluding hydrogens is 347 g/mol. The van der Waals surface area contributed by atoms with Crippen LogP contribution in [0.4, 0.5) is 0 Å². The fraction of sp³-hybridized carbons (Fsp3) is 1.00. The molecule has 0 aliphatic rings. The third kappa shape index (κ3) is 10.5. The van der Waals surface area contributed by atoms with Crippen molar-refractivity contribution in [2.75, 3.05) is 0 Å². The van der Waals surface area contributed by atoms with Gasteiger partial charge in [0, 0.05) is 21.1 Å². The van der Waals surface area contributed by atoms with E-state index in [1.807, 2.05) is 6.92 Å². The van der Waals surface area contributed by atoms with Gasteiger partial charge in [0.1, 0.15) is 0 Å².